The third kappa shape index (κ3) is 3.86. The minimum atomic E-state index is -0.355. The fraction of sp³-hybridized carbons (Fsp3) is 0.500. The van der Waals surface area contributed by atoms with Crippen molar-refractivity contribution in [2.24, 2.45) is 10.9 Å². The Kier molecular flexibility index (Phi) is 6.16. The number of aromatic nitrogens is 3. The number of nitrogens with two attached hydrogens (primary N) is 1. The number of nitrogens with zero attached hydrogens (tertiary/aromatic N) is 4. The van der Waals surface area contributed by atoms with E-state index in [9.17, 15) is 9.59 Å². The van der Waals surface area contributed by atoms with Crippen molar-refractivity contribution < 1.29 is 4.79 Å². The molecule has 1 aliphatic rings. The van der Waals surface area contributed by atoms with Crippen LogP contribution in [0.2, 0.25) is 0 Å². The highest BCUT2D eigenvalue weighted by Crippen LogP contribution is 2.14. The van der Waals surface area contributed by atoms with Gasteiger partial charge in [-0.2, -0.15) is 9.78 Å². The van der Waals surface area contributed by atoms with Crippen molar-refractivity contribution in [3.8, 4) is 0 Å². The summed E-state index contributed by atoms with van der Waals surface area (Å²) in [7, 11) is 0. The van der Waals surface area contributed by atoms with E-state index in [0.717, 1.165) is 0 Å². The number of carbonyl (C=O) groups excluding carboxylic acids is 1. The van der Waals surface area contributed by atoms with E-state index in [0.29, 0.717) is 10.9 Å². The highest BCUT2D eigenvalue weighted by molar-refractivity contribution is 7.99. The molecule has 0 radical (unpaired) electrons. The smallest absolute Gasteiger partial charge is 0.294 e. The number of rotatable bonds is 3. The molecule has 104 valence electrons. The standard InChI is InChI=1S/C8H10N6O2S.C2H6/c9-11-6(15)2-1-5-7(16)14-8(13-12-5)17-4-3-10-14;1-2/h3H,1-2,4,9H2,(H,11,15);1-2H3. The number of hydrogen-bond acceptors (Lipinski definition) is 7. The lowest BCUT2D eigenvalue weighted by molar-refractivity contribution is -0.121. The number of fused-ring (bicyclic) bond motifs is 1. The van der Waals surface area contributed by atoms with E-state index in [-0.39, 0.29) is 30.0 Å². The lowest BCUT2D eigenvalue weighted by atomic mass is 10.2. The highest BCUT2D eigenvalue weighted by atomic mass is 32.2. The molecule has 0 unspecified atom stereocenters. The summed E-state index contributed by atoms with van der Waals surface area (Å²) in [6.07, 6.45) is 1.91. The summed E-state index contributed by atoms with van der Waals surface area (Å²) in [5.41, 5.74) is 1.85. The van der Waals surface area contributed by atoms with Crippen molar-refractivity contribution in [2.45, 2.75) is 31.8 Å². The molecule has 0 spiro atoms. The molecule has 8 nitrogen and oxygen atoms in total. The summed E-state index contributed by atoms with van der Waals surface area (Å²) < 4.78 is 1.19. The zero-order chi connectivity index (χ0) is 14.3. The molecule has 0 fully saturated rings. The Hall–Kier alpha value is -1.74. The van der Waals surface area contributed by atoms with Crippen molar-refractivity contribution in [3.63, 3.8) is 0 Å². The maximum atomic E-state index is 11.9. The molecule has 0 saturated carbocycles. The molecule has 3 N–H and O–H groups in total. The number of thioether (sulfide) groups is 1. The molecule has 2 heterocycles. The molecule has 1 amide bonds. The number of hydrazine groups is 1. The van der Waals surface area contributed by atoms with Gasteiger partial charge in [0.1, 0.15) is 5.69 Å². The summed E-state index contributed by atoms with van der Waals surface area (Å²) in [4.78, 5) is 22.8. The lowest BCUT2D eigenvalue weighted by Gasteiger charge is -2.09. The molecule has 1 aliphatic heterocycles. The minimum Gasteiger partial charge on any atom is -0.294 e. The molecule has 1 aromatic rings. The summed E-state index contributed by atoms with van der Waals surface area (Å²) in [5.74, 6) is 5.25. The van der Waals surface area contributed by atoms with Crippen LogP contribution in [0.5, 0.6) is 0 Å². The first-order valence-corrected chi connectivity index (χ1v) is 6.84. The van der Waals surface area contributed by atoms with Crippen LogP contribution in [0.4, 0.5) is 0 Å². The van der Waals surface area contributed by atoms with E-state index >= 15 is 0 Å². The Morgan fingerprint density at radius 1 is 1.53 bits per heavy atom. The fourth-order valence-corrected chi connectivity index (χ4v) is 1.92. The molecule has 9 heteroatoms. The van der Waals surface area contributed by atoms with Gasteiger partial charge in [0.2, 0.25) is 11.1 Å². The second-order valence-corrected chi connectivity index (χ2v) is 4.21. The molecular weight excluding hydrogens is 268 g/mol. The fourth-order valence-electron chi connectivity index (χ4n) is 1.28. The van der Waals surface area contributed by atoms with Crippen molar-refractivity contribution in [1.29, 1.82) is 0 Å². The molecule has 0 aliphatic carbocycles. The van der Waals surface area contributed by atoms with E-state index in [4.69, 9.17) is 5.84 Å². The van der Waals surface area contributed by atoms with Gasteiger partial charge in [0.25, 0.3) is 5.56 Å². The van der Waals surface area contributed by atoms with Gasteiger partial charge in [-0.1, -0.05) is 25.6 Å². The van der Waals surface area contributed by atoms with Crippen LogP contribution >= 0.6 is 11.8 Å². The Bertz CT molecular complexity index is 527. The minimum absolute atomic E-state index is 0.0939. The van der Waals surface area contributed by atoms with Crippen molar-refractivity contribution in [1.82, 2.24) is 20.3 Å². The molecule has 0 aromatic carbocycles. The van der Waals surface area contributed by atoms with Crippen molar-refractivity contribution in [2.75, 3.05) is 5.75 Å². The SMILES string of the molecule is CC.NNC(=O)CCc1nnc2n(c1=O)N=CCS2. The topological polar surface area (TPSA) is 115 Å². The predicted octanol–water partition coefficient (Wildman–Crippen LogP) is -0.473. The van der Waals surface area contributed by atoms with Crippen LogP contribution in [0.25, 0.3) is 0 Å². The summed E-state index contributed by atoms with van der Waals surface area (Å²) >= 11 is 1.38. The average molecular weight is 284 g/mol. The first kappa shape index (κ1) is 15.3. The summed E-state index contributed by atoms with van der Waals surface area (Å²) in [6.45, 7) is 4.00. The maximum Gasteiger partial charge on any atom is 0.296 e. The monoisotopic (exact) mass is 284 g/mol. The quantitative estimate of drug-likeness (QED) is 0.440. The largest absolute Gasteiger partial charge is 0.296 e. The van der Waals surface area contributed by atoms with E-state index < -0.39 is 0 Å². The van der Waals surface area contributed by atoms with Crippen LogP contribution in [-0.2, 0) is 11.2 Å². The molecular formula is C10H16N6O2S. The van der Waals surface area contributed by atoms with Crippen LogP contribution in [0.3, 0.4) is 0 Å². The molecule has 2 rings (SSSR count). The third-order valence-corrected chi connectivity index (χ3v) is 2.94. The van der Waals surface area contributed by atoms with Gasteiger partial charge in [-0.05, 0) is 0 Å². The van der Waals surface area contributed by atoms with Crippen LogP contribution in [0.1, 0.15) is 26.0 Å². The number of amides is 1. The van der Waals surface area contributed by atoms with Gasteiger partial charge in [-0.25, -0.2) is 5.84 Å². The first-order chi connectivity index (χ1) is 9.22. The highest BCUT2D eigenvalue weighted by Gasteiger charge is 2.14. The first-order valence-electron chi connectivity index (χ1n) is 5.86. The second kappa shape index (κ2) is 7.64. The van der Waals surface area contributed by atoms with Crippen LogP contribution in [0, 0.1) is 0 Å². The van der Waals surface area contributed by atoms with Gasteiger partial charge in [-0.3, -0.25) is 15.0 Å². The van der Waals surface area contributed by atoms with Gasteiger partial charge in [0.15, 0.2) is 0 Å². The molecule has 0 bridgehead atoms. The van der Waals surface area contributed by atoms with Crippen LogP contribution in [-0.4, -0.2) is 32.7 Å². The summed E-state index contributed by atoms with van der Waals surface area (Å²) in [5, 5.41) is 12.1. The summed E-state index contributed by atoms with van der Waals surface area (Å²) in [6, 6.07) is 0. The van der Waals surface area contributed by atoms with Crippen LogP contribution < -0.4 is 16.8 Å². The second-order valence-electron chi connectivity index (χ2n) is 3.22. The molecule has 19 heavy (non-hydrogen) atoms. The zero-order valence-electron chi connectivity index (χ0n) is 10.8. The Morgan fingerprint density at radius 2 is 2.26 bits per heavy atom. The zero-order valence-corrected chi connectivity index (χ0v) is 11.6. The van der Waals surface area contributed by atoms with Gasteiger partial charge in [0, 0.05) is 24.8 Å². The van der Waals surface area contributed by atoms with Crippen molar-refractivity contribution in [3.05, 3.63) is 16.0 Å². The van der Waals surface area contributed by atoms with Gasteiger partial charge >= 0.3 is 0 Å². The van der Waals surface area contributed by atoms with Crippen LogP contribution in [0.15, 0.2) is 15.1 Å². The lowest BCUT2D eigenvalue weighted by Crippen LogP contribution is -2.32. The van der Waals surface area contributed by atoms with E-state index in [1.165, 1.54) is 16.4 Å². The van der Waals surface area contributed by atoms with Crippen molar-refractivity contribution >= 4 is 23.9 Å². The number of hydrogen-bond donors (Lipinski definition) is 2. The Morgan fingerprint density at radius 3 is 2.95 bits per heavy atom. The number of nitrogens with one attached hydrogen (secondary N) is 1. The van der Waals surface area contributed by atoms with E-state index in [2.05, 4.69) is 15.3 Å². The van der Waals surface area contributed by atoms with E-state index in [1.54, 1.807) is 6.21 Å². The molecule has 1 aromatic heterocycles. The predicted molar refractivity (Wildman–Crippen MR) is 72.9 cm³/mol. The van der Waals surface area contributed by atoms with E-state index in [1.807, 2.05) is 19.3 Å². The third-order valence-electron chi connectivity index (χ3n) is 2.11. The average Bonchev–Trinajstić information content (AvgIpc) is 2.48. The number of aryl methyl sites for hydroxylation is 1. The Balaban J connectivity index is 0.000000861. The molecule has 0 atom stereocenters. The van der Waals surface area contributed by atoms with Gasteiger partial charge in [-0.15, -0.1) is 10.2 Å². The Labute approximate surface area is 114 Å². The number of carbonyl (C=O) groups is 1. The van der Waals surface area contributed by atoms with Gasteiger partial charge < -0.3 is 0 Å². The normalized spacial score (nSPS) is 12.2. The molecule has 0 saturated heterocycles. The maximum absolute atomic E-state index is 11.9. The van der Waals surface area contributed by atoms with Gasteiger partial charge in [0.05, 0.1) is 0 Å².